The Hall–Kier alpha value is -2.23. The minimum absolute atomic E-state index is 0.0449. The third kappa shape index (κ3) is 14.4. The van der Waals surface area contributed by atoms with Crippen molar-refractivity contribution in [3.8, 4) is 5.75 Å². The van der Waals surface area contributed by atoms with Gasteiger partial charge in [0.15, 0.2) is 0 Å². The summed E-state index contributed by atoms with van der Waals surface area (Å²) in [6.45, 7) is 4.05. The lowest BCUT2D eigenvalue weighted by molar-refractivity contribution is -0.274. The SMILES string of the molecule is CCCCCCCCCCCCSC(=NN(C)C(=O)Cc1ccccc1OC(F)(F)F)C(=O)OCC. The van der Waals surface area contributed by atoms with Gasteiger partial charge in [-0.3, -0.25) is 4.79 Å². The minimum Gasteiger partial charge on any atom is -0.461 e. The Morgan fingerprint density at radius 2 is 1.53 bits per heavy atom. The number of ether oxygens (including phenoxy) is 2. The van der Waals surface area contributed by atoms with Crippen LogP contribution in [0.1, 0.15) is 83.6 Å². The van der Waals surface area contributed by atoms with Crippen molar-refractivity contribution in [2.75, 3.05) is 19.4 Å². The van der Waals surface area contributed by atoms with Crippen molar-refractivity contribution in [3.63, 3.8) is 0 Å². The number of hydrogen-bond acceptors (Lipinski definition) is 6. The van der Waals surface area contributed by atoms with E-state index in [1.165, 1.54) is 82.0 Å². The number of hydrazone groups is 1. The molecule has 1 amide bonds. The number of benzene rings is 1. The summed E-state index contributed by atoms with van der Waals surface area (Å²) in [5.41, 5.74) is 0.0672. The summed E-state index contributed by atoms with van der Waals surface area (Å²) in [7, 11) is 1.36. The maximum atomic E-state index is 12.6. The lowest BCUT2D eigenvalue weighted by atomic mass is 10.1. The summed E-state index contributed by atoms with van der Waals surface area (Å²) in [4.78, 5) is 25.0. The van der Waals surface area contributed by atoms with Crippen molar-refractivity contribution >= 4 is 28.7 Å². The van der Waals surface area contributed by atoms with Gasteiger partial charge in [-0.05, 0) is 25.2 Å². The number of rotatable bonds is 16. The fourth-order valence-corrected chi connectivity index (χ4v) is 4.32. The molecule has 0 aliphatic carbocycles. The predicted molar refractivity (Wildman–Crippen MR) is 138 cm³/mol. The average Bonchev–Trinajstić information content (AvgIpc) is 2.82. The van der Waals surface area contributed by atoms with Gasteiger partial charge in [0.2, 0.25) is 11.0 Å². The average molecular weight is 533 g/mol. The first-order valence-electron chi connectivity index (χ1n) is 12.7. The summed E-state index contributed by atoms with van der Waals surface area (Å²) in [6, 6.07) is 5.43. The molecule has 1 aromatic rings. The zero-order chi connectivity index (χ0) is 26.8. The van der Waals surface area contributed by atoms with Crippen LogP contribution >= 0.6 is 11.8 Å². The van der Waals surface area contributed by atoms with E-state index in [1.54, 1.807) is 6.92 Å². The second kappa shape index (κ2) is 18.1. The third-order valence-electron chi connectivity index (χ3n) is 5.33. The molecule has 0 aromatic heterocycles. The number of unbranched alkanes of at least 4 members (excludes halogenated alkanes) is 9. The maximum absolute atomic E-state index is 12.6. The molecule has 0 atom stereocenters. The van der Waals surface area contributed by atoms with Crippen LogP contribution < -0.4 is 4.74 Å². The number of para-hydroxylation sites is 1. The monoisotopic (exact) mass is 532 g/mol. The fraction of sp³-hybridized carbons (Fsp3) is 0.654. The van der Waals surface area contributed by atoms with Gasteiger partial charge >= 0.3 is 12.3 Å². The molecule has 0 spiro atoms. The zero-order valence-electron chi connectivity index (χ0n) is 21.6. The molecular weight excluding hydrogens is 493 g/mol. The minimum atomic E-state index is -4.87. The third-order valence-corrected chi connectivity index (χ3v) is 6.34. The number of alkyl halides is 3. The van der Waals surface area contributed by atoms with E-state index in [0.717, 1.165) is 30.3 Å². The number of likely N-dealkylation sites (N-methyl/N-ethyl adjacent to an activating group) is 1. The molecule has 0 heterocycles. The molecule has 0 radical (unpaired) electrons. The van der Waals surface area contributed by atoms with Crippen LogP contribution in [-0.2, 0) is 20.7 Å². The molecule has 1 aromatic carbocycles. The highest BCUT2D eigenvalue weighted by atomic mass is 32.2. The number of esters is 1. The summed E-state index contributed by atoms with van der Waals surface area (Å²) >= 11 is 1.22. The van der Waals surface area contributed by atoms with Crippen molar-refractivity contribution in [1.82, 2.24) is 5.01 Å². The van der Waals surface area contributed by atoms with E-state index < -0.39 is 24.0 Å². The topological polar surface area (TPSA) is 68.2 Å². The molecule has 204 valence electrons. The number of hydrogen-bond donors (Lipinski definition) is 0. The van der Waals surface area contributed by atoms with Gasteiger partial charge in [-0.25, -0.2) is 9.80 Å². The first-order valence-corrected chi connectivity index (χ1v) is 13.6. The van der Waals surface area contributed by atoms with Crippen molar-refractivity contribution in [3.05, 3.63) is 29.8 Å². The van der Waals surface area contributed by atoms with Gasteiger partial charge in [0.25, 0.3) is 0 Å². The van der Waals surface area contributed by atoms with Crippen LogP contribution in [-0.4, -0.2) is 47.7 Å². The number of nitrogens with zero attached hydrogens (tertiary/aromatic N) is 2. The lowest BCUT2D eigenvalue weighted by Crippen LogP contribution is -2.27. The van der Waals surface area contributed by atoms with Gasteiger partial charge in [0.1, 0.15) is 5.75 Å². The number of carbonyl (C=O) groups excluding carboxylic acids is 2. The zero-order valence-corrected chi connectivity index (χ0v) is 22.4. The van der Waals surface area contributed by atoms with Crippen molar-refractivity contribution in [2.45, 2.75) is 90.8 Å². The van der Waals surface area contributed by atoms with Crippen LogP contribution in [0, 0.1) is 0 Å². The molecule has 6 nitrogen and oxygen atoms in total. The van der Waals surface area contributed by atoms with Crippen LogP contribution in [0.5, 0.6) is 5.75 Å². The van der Waals surface area contributed by atoms with Crippen molar-refractivity contribution < 1.29 is 32.2 Å². The van der Waals surface area contributed by atoms with Gasteiger partial charge in [-0.1, -0.05) is 94.7 Å². The van der Waals surface area contributed by atoms with E-state index in [0.29, 0.717) is 5.75 Å². The van der Waals surface area contributed by atoms with Crippen LogP contribution in [0.3, 0.4) is 0 Å². The van der Waals surface area contributed by atoms with Crippen LogP contribution in [0.2, 0.25) is 0 Å². The van der Waals surface area contributed by atoms with Crippen LogP contribution in [0.4, 0.5) is 13.2 Å². The summed E-state index contributed by atoms with van der Waals surface area (Å²) in [5.74, 6) is -1.01. The second-order valence-corrected chi connectivity index (χ2v) is 9.49. The molecule has 0 saturated heterocycles. The summed E-state index contributed by atoms with van der Waals surface area (Å²) in [5, 5.41) is 5.11. The van der Waals surface area contributed by atoms with Crippen LogP contribution in [0.25, 0.3) is 0 Å². The smallest absolute Gasteiger partial charge is 0.461 e. The van der Waals surface area contributed by atoms with Gasteiger partial charge < -0.3 is 9.47 Å². The predicted octanol–water partition coefficient (Wildman–Crippen LogP) is 7.12. The summed E-state index contributed by atoms with van der Waals surface area (Å²) in [6.07, 6.45) is 6.75. The molecule has 0 fully saturated rings. The van der Waals surface area contributed by atoms with E-state index in [1.807, 2.05) is 0 Å². The molecule has 0 aliphatic heterocycles. The molecule has 1 rings (SSSR count). The number of amides is 1. The highest BCUT2D eigenvalue weighted by molar-refractivity contribution is 8.15. The Bertz CT molecular complexity index is 819. The van der Waals surface area contributed by atoms with E-state index in [4.69, 9.17) is 4.74 Å². The largest absolute Gasteiger partial charge is 0.573 e. The quantitative estimate of drug-likeness (QED) is 0.0746. The van der Waals surface area contributed by atoms with Gasteiger partial charge in [-0.15, -0.1) is 13.2 Å². The molecule has 10 heteroatoms. The highest BCUT2D eigenvalue weighted by Crippen LogP contribution is 2.27. The van der Waals surface area contributed by atoms with Gasteiger partial charge in [0.05, 0.1) is 13.0 Å². The lowest BCUT2D eigenvalue weighted by Gasteiger charge is -2.16. The Kier molecular flexibility index (Phi) is 16.0. The van der Waals surface area contributed by atoms with E-state index >= 15 is 0 Å². The molecule has 0 N–H and O–H groups in total. The normalized spacial score (nSPS) is 11.9. The molecular formula is C26H39F3N2O4S. The molecule has 0 unspecified atom stereocenters. The highest BCUT2D eigenvalue weighted by Gasteiger charge is 2.32. The van der Waals surface area contributed by atoms with E-state index in [9.17, 15) is 22.8 Å². The molecule has 36 heavy (non-hydrogen) atoms. The Balaban J connectivity index is 2.58. The Morgan fingerprint density at radius 1 is 0.944 bits per heavy atom. The molecule has 0 aliphatic rings. The number of halogens is 3. The van der Waals surface area contributed by atoms with Crippen LogP contribution in [0.15, 0.2) is 29.4 Å². The van der Waals surface area contributed by atoms with E-state index in [-0.39, 0.29) is 23.6 Å². The Labute approximate surface area is 217 Å². The maximum Gasteiger partial charge on any atom is 0.573 e. The van der Waals surface area contributed by atoms with Crippen molar-refractivity contribution in [1.29, 1.82) is 0 Å². The Morgan fingerprint density at radius 3 is 2.11 bits per heavy atom. The number of carbonyl (C=O) groups is 2. The number of thioether (sulfide) groups is 1. The van der Waals surface area contributed by atoms with Crippen molar-refractivity contribution in [2.24, 2.45) is 5.10 Å². The summed E-state index contributed by atoms with van der Waals surface area (Å²) < 4.78 is 47.0. The first-order chi connectivity index (χ1) is 17.2. The van der Waals surface area contributed by atoms with E-state index in [2.05, 4.69) is 16.8 Å². The fourth-order valence-electron chi connectivity index (χ4n) is 3.42. The molecule has 0 bridgehead atoms. The van der Waals surface area contributed by atoms with Gasteiger partial charge in [0, 0.05) is 12.6 Å². The first kappa shape index (κ1) is 31.8. The second-order valence-electron chi connectivity index (χ2n) is 8.41. The standard InChI is InChI=1S/C26H39F3N2O4S/c1-4-6-7-8-9-10-11-12-13-16-19-36-24(25(33)34-5-2)30-31(3)23(32)20-21-17-14-15-18-22(21)35-26(27,28)29/h14-15,17-18H,4-13,16,19-20H2,1-3H3. The molecule has 0 saturated carbocycles. The van der Waals surface area contributed by atoms with Gasteiger partial charge in [-0.2, -0.15) is 5.10 Å².